The number of rotatable bonds is 5. The van der Waals surface area contributed by atoms with Crippen LogP contribution in [0.4, 0.5) is 0 Å². The van der Waals surface area contributed by atoms with Crippen molar-refractivity contribution in [2.45, 2.75) is 13.5 Å². The molecule has 2 aromatic rings. The lowest BCUT2D eigenvalue weighted by Crippen LogP contribution is -2.28. The smallest absolute Gasteiger partial charge is 0.258 e. The van der Waals surface area contributed by atoms with Crippen LogP contribution in [0.5, 0.6) is 17.2 Å². The summed E-state index contributed by atoms with van der Waals surface area (Å²) in [4.78, 5) is 11.8. The summed E-state index contributed by atoms with van der Waals surface area (Å²) in [6.45, 7) is 2.66. The van der Waals surface area contributed by atoms with E-state index < -0.39 is 0 Å². The first kappa shape index (κ1) is 14.3. The minimum absolute atomic E-state index is 0.00634. The maximum atomic E-state index is 11.8. The van der Waals surface area contributed by atoms with Crippen LogP contribution in [0.15, 0.2) is 42.5 Å². The molecule has 0 saturated carbocycles. The number of amides is 1. The summed E-state index contributed by atoms with van der Waals surface area (Å²) in [5.74, 6) is 1.96. The van der Waals surface area contributed by atoms with E-state index in [0.29, 0.717) is 18.0 Å². The Hall–Kier alpha value is -2.69. The molecule has 5 heteroatoms. The van der Waals surface area contributed by atoms with Crippen molar-refractivity contribution in [1.29, 1.82) is 0 Å². The second kappa shape index (κ2) is 6.39. The van der Waals surface area contributed by atoms with E-state index >= 15 is 0 Å². The van der Waals surface area contributed by atoms with E-state index in [1.165, 1.54) is 0 Å². The van der Waals surface area contributed by atoms with Gasteiger partial charge in [-0.2, -0.15) is 0 Å². The molecule has 0 radical (unpaired) electrons. The summed E-state index contributed by atoms with van der Waals surface area (Å²) in [7, 11) is 0. The molecule has 2 aromatic carbocycles. The molecular formula is C17H17NO4. The molecule has 1 N–H and O–H groups in total. The summed E-state index contributed by atoms with van der Waals surface area (Å²) in [6.07, 6.45) is 0. The lowest BCUT2D eigenvalue weighted by Gasteiger charge is -2.08. The molecule has 0 saturated heterocycles. The summed E-state index contributed by atoms with van der Waals surface area (Å²) in [5, 5.41) is 2.81. The highest BCUT2D eigenvalue weighted by Crippen LogP contribution is 2.32. The first-order chi connectivity index (χ1) is 10.7. The average Bonchev–Trinajstić information content (AvgIpc) is 3.00. The summed E-state index contributed by atoms with van der Waals surface area (Å²) in [5.41, 5.74) is 2.10. The topological polar surface area (TPSA) is 56.8 Å². The Kier molecular flexibility index (Phi) is 4.14. The Morgan fingerprint density at radius 3 is 2.73 bits per heavy atom. The van der Waals surface area contributed by atoms with Gasteiger partial charge in [-0.05, 0) is 36.8 Å². The van der Waals surface area contributed by atoms with E-state index in [-0.39, 0.29) is 19.3 Å². The minimum Gasteiger partial charge on any atom is -0.484 e. The van der Waals surface area contributed by atoms with Crippen LogP contribution < -0.4 is 19.5 Å². The van der Waals surface area contributed by atoms with Gasteiger partial charge in [0.15, 0.2) is 18.1 Å². The second-order valence-electron chi connectivity index (χ2n) is 5.07. The third-order valence-corrected chi connectivity index (χ3v) is 3.32. The summed E-state index contributed by atoms with van der Waals surface area (Å²) in [6, 6.07) is 13.2. The molecule has 0 fully saturated rings. The molecule has 22 heavy (non-hydrogen) atoms. The van der Waals surface area contributed by atoms with E-state index in [1.807, 2.05) is 49.4 Å². The van der Waals surface area contributed by atoms with Crippen LogP contribution >= 0.6 is 0 Å². The number of hydrogen-bond donors (Lipinski definition) is 1. The van der Waals surface area contributed by atoms with Gasteiger partial charge in [-0.1, -0.05) is 23.8 Å². The van der Waals surface area contributed by atoms with E-state index in [0.717, 1.165) is 16.9 Å². The summed E-state index contributed by atoms with van der Waals surface area (Å²) < 4.78 is 16.0. The molecular weight excluding hydrogens is 282 g/mol. The molecule has 1 aliphatic heterocycles. The van der Waals surface area contributed by atoms with Crippen molar-refractivity contribution in [3.05, 3.63) is 53.6 Å². The van der Waals surface area contributed by atoms with Gasteiger partial charge in [0.2, 0.25) is 6.79 Å². The third-order valence-electron chi connectivity index (χ3n) is 3.32. The SMILES string of the molecule is Cc1ccc(OCC(=O)NCc2ccc3c(c2)OCO3)cc1. The number of aryl methyl sites for hydroxylation is 1. The molecule has 0 atom stereocenters. The Balaban J connectivity index is 1.47. The van der Waals surface area contributed by atoms with E-state index in [9.17, 15) is 4.79 Å². The fourth-order valence-electron chi connectivity index (χ4n) is 2.09. The Labute approximate surface area is 128 Å². The molecule has 0 aromatic heterocycles. The zero-order valence-electron chi connectivity index (χ0n) is 12.3. The van der Waals surface area contributed by atoms with Gasteiger partial charge in [0.25, 0.3) is 5.91 Å². The van der Waals surface area contributed by atoms with Crippen LogP contribution in [0.1, 0.15) is 11.1 Å². The molecule has 1 amide bonds. The molecule has 0 aliphatic carbocycles. The average molecular weight is 299 g/mol. The fraction of sp³-hybridized carbons (Fsp3) is 0.235. The first-order valence-electron chi connectivity index (χ1n) is 7.05. The molecule has 114 valence electrons. The molecule has 0 unspecified atom stereocenters. The van der Waals surface area contributed by atoms with Crippen LogP contribution in [0.3, 0.4) is 0 Å². The maximum absolute atomic E-state index is 11.8. The van der Waals surface area contributed by atoms with E-state index in [2.05, 4.69) is 5.32 Å². The molecule has 3 rings (SSSR count). The van der Waals surface area contributed by atoms with Crippen molar-refractivity contribution in [2.75, 3.05) is 13.4 Å². The van der Waals surface area contributed by atoms with Gasteiger partial charge in [-0.25, -0.2) is 0 Å². The van der Waals surface area contributed by atoms with Crippen molar-refractivity contribution in [3.63, 3.8) is 0 Å². The number of carbonyl (C=O) groups is 1. The zero-order chi connectivity index (χ0) is 15.4. The van der Waals surface area contributed by atoms with Crippen LogP contribution in [0.25, 0.3) is 0 Å². The Morgan fingerprint density at radius 1 is 1.14 bits per heavy atom. The van der Waals surface area contributed by atoms with Crippen LogP contribution in [0, 0.1) is 6.92 Å². The molecule has 1 aliphatic rings. The standard InChI is InChI=1S/C17H17NO4/c1-12-2-5-14(6-3-12)20-10-17(19)18-9-13-4-7-15-16(8-13)22-11-21-15/h2-8H,9-11H2,1H3,(H,18,19). The van der Waals surface area contributed by atoms with Gasteiger partial charge in [0.1, 0.15) is 5.75 Å². The Bertz CT molecular complexity index is 667. The van der Waals surface area contributed by atoms with E-state index in [4.69, 9.17) is 14.2 Å². The predicted molar refractivity (Wildman–Crippen MR) is 81.1 cm³/mol. The van der Waals surface area contributed by atoms with Crippen LogP contribution in [0.2, 0.25) is 0 Å². The normalized spacial score (nSPS) is 12.0. The van der Waals surface area contributed by atoms with E-state index in [1.54, 1.807) is 0 Å². The van der Waals surface area contributed by atoms with Crippen molar-refractivity contribution in [3.8, 4) is 17.2 Å². The van der Waals surface area contributed by atoms with Crippen molar-refractivity contribution < 1.29 is 19.0 Å². The highest BCUT2D eigenvalue weighted by molar-refractivity contribution is 5.77. The number of hydrogen-bond acceptors (Lipinski definition) is 4. The molecule has 0 spiro atoms. The first-order valence-corrected chi connectivity index (χ1v) is 7.05. The van der Waals surface area contributed by atoms with Gasteiger partial charge in [-0.3, -0.25) is 4.79 Å². The summed E-state index contributed by atoms with van der Waals surface area (Å²) >= 11 is 0. The van der Waals surface area contributed by atoms with Gasteiger partial charge < -0.3 is 19.5 Å². The Morgan fingerprint density at radius 2 is 1.91 bits per heavy atom. The molecule has 0 bridgehead atoms. The third kappa shape index (κ3) is 3.49. The fourth-order valence-corrected chi connectivity index (χ4v) is 2.09. The molecule has 5 nitrogen and oxygen atoms in total. The number of nitrogens with one attached hydrogen (secondary N) is 1. The zero-order valence-corrected chi connectivity index (χ0v) is 12.3. The highest BCUT2D eigenvalue weighted by Gasteiger charge is 2.13. The quantitative estimate of drug-likeness (QED) is 0.921. The van der Waals surface area contributed by atoms with Gasteiger partial charge in [-0.15, -0.1) is 0 Å². The number of ether oxygens (including phenoxy) is 3. The van der Waals surface area contributed by atoms with Crippen LogP contribution in [-0.4, -0.2) is 19.3 Å². The van der Waals surface area contributed by atoms with Crippen LogP contribution in [-0.2, 0) is 11.3 Å². The number of carbonyl (C=O) groups excluding carboxylic acids is 1. The number of fused-ring (bicyclic) bond motifs is 1. The number of benzene rings is 2. The second-order valence-corrected chi connectivity index (χ2v) is 5.07. The van der Waals surface area contributed by atoms with Gasteiger partial charge in [0, 0.05) is 6.54 Å². The van der Waals surface area contributed by atoms with Crippen molar-refractivity contribution in [2.24, 2.45) is 0 Å². The highest BCUT2D eigenvalue weighted by atomic mass is 16.7. The lowest BCUT2D eigenvalue weighted by atomic mass is 10.2. The largest absolute Gasteiger partial charge is 0.484 e. The predicted octanol–water partition coefficient (Wildman–Crippen LogP) is 2.42. The minimum atomic E-state index is -0.168. The van der Waals surface area contributed by atoms with Gasteiger partial charge >= 0.3 is 0 Å². The van der Waals surface area contributed by atoms with Crippen molar-refractivity contribution in [1.82, 2.24) is 5.32 Å². The maximum Gasteiger partial charge on any atom is 0.258 e. The molecule has 1 heterocycles. The van der Waals surface area contributed by atoms with Gasteiger partial charge in [0.05, 0.1) is 0 Å². The lowest BCUT2D eigenvalue weighted by molar-refractivity contribution is -0.123. The van der Waals surface area contributed by atoms with Crippen molar-refractivity contribution >= 4 is 5.91 Å². The monoisotopic (exact) mass is 299 g/mol.